The molecule has 1 spiro atoms. The Bertz CT molecular complexity index is 1070. The lowest BCUT2D eigenvalue weighted by Gasteiger charge is -2.39. The summed E-state index contributed by atoms with van der Waals surface area (Å²) >= 11 is 6.17. The summed E-state index contributed by atoms with van der Waals surface area (Å²) in [6.45, 7) is 1.79. The zero-order chi connectivity index (χ0) is 20.8. The number of carbonyl (C=O) groups excluding carboxylic acids is 1. The van der Waals surface area contributed by atoms with E-state index in [1.54, 1.807) is 12.1 Å². The Labute approximate surface area is 173 Å². The van der Waals surface area contributed by atoms with Crippen LogP contribution >= 0.6 is 11.6 Å². The third-order valence-electron chi connectivity index (χ3n) is 5.66. The molecular formula is C20H20ClFN2O4S. The molecule has 0 radical (unpaired) electrons. The number of likely N-dealkylation sites (tertiary alicyclic amines) is 1. The summed E-state index contributed by atoms with van der Waals surface area (Å²) in [6, 6.07) is 9.41. The van der Waals surface area contributed by atoms with Gasteiger partial charge in [-0.25, -0.2) is 17.9 Å². The third kappa shape index (κ3) is 3.83. The number of rotatable bonds is 4. The van der Waals surface area contributed by atoms with Crippen molar-refractivity contribution in [2.24, 2.45) is 5.14 Å². The van der Waals surface area contributed by atoms with Crippen molar-refractivity contribution < 1.29 is 22.3 Å². The van der Waals surface area contributed by atoms with Gasteiger partial charge >= 0.3 is 0 Å². The Morgan fingerprint density at radius 1 is 1.24 bits per heavy atom. The van der Waals surface area contributed by atoms with E-state index in [-0.39, 0.29) is 0 Å². The fraction of sp³-hybridized carbons (Fsp3) is 0.350. The molecule has 0 saturated carbocycles. The highest BCUT2D eigenvalue weighted by Crippen LogP contribution is 2.49. The Kier molecular flexibility index (Phi) is 5.25. The van der Waals surface area contributed by atoms with Gasteiger partial charge in [-0.1, -0.05) is 23.7 Å². The molecule has 2 heterocycles. The molecule has 2 aliphatic rings. The molecule has 0 amide bonds. The molecule has 29 heavy (non-hydrogen) atoms. The first kappa shape index (κ1) is 20.4. The largest absolute Gasteiger partial charge is 0.355 e. The maximum absolute atomic E-state index is 13.8. The van der Waals surface area contributed by atoms with Gasteiger partial charge < -0.3 is 9.53 Å². The van der Waals surface area contributed by atoms with Crippen molar-refractivity contribution in [1.82, 2.24) is 4.90 Å². The van der Waals surface area contributed by atoms with Gasteiger partial charge in [0.1, 0.15) is 16.8 Å². The lowest BCUT2D eigenvalue weighted by molar-refractivity contribution is -0.137. The number of nitrogens with two attached hydrogens (primary N) is 1. The lowest BCUT2D eigenvalue weighted by atomic mass is 9.83. The molecule has 2 aliphatic heterocycles. The topological polar surface area (TPSA) is 89.7 Å². The van der Waals surface area contributed by atoms with Crippen molar-refractivity contribution >= 4 is 27.9 Å². The fourth-order valence-corrected chi connectivity index (χ4v) is 5.05. The molecule has 154 valence electrons. The van der Waals surface area contributed by atoms with Gasteiger partial charge in [0.2, 0.25) is 10.0 Å². The van der Waals surface area contributed by atoms with Crippen LogP contribution in [-0.2, 0) is 31.7 Å². The van der Waals surface area contributed by atoms with E-state index in [4.69, 9.17) is 21.5 Å². The molecule has 1 unspecified atom stereocenters. The van der Waals surface area contributed by atoms with Crippen LogP contribution in [0.15, 0.2) is 41.3 Å². The minimum Gasteiger partial charge on any atom is -0.355 e. The maximum atomic E-state index is 13.8. The van der Waals surface area contributed by atoms with Crippen LogP contribution in [0.3, 0.4) is 0 Å². The van der Waals surface area contributed by atoms with Crippen molar-refractivity contribution in [3.63, 3.8) is 0 Å². The number of benzene rings is 2. The Morgan fingerprint density at radius 2 is 1.97 bits per heavy atom. The molecular weight excluding hydrogens is 419 g/mol. The fourth-order valence-electron chi connectivity index (χ4n) is 4.22. The van der Waals surface area contributed by atoms with Crippen molar-refractivity contribution in [2.75, 3.05) is 13.1 Å². The van der Waals surface area contributed by atoms with E-state index < -0.39 is 32.4 Å². The van der Waals surface area contributed by atoms with E-state index in [1.807, 2.05) is 12.1 Å². The SMILES string of the molecule is NS(=O)(=O)c1cc(CN2CCC3(CC2)OC(C=O)c2ccc(Cl)cc23)ccc1F. The number of hydrogen-bond donors (Lipinski definition) is 1. The average molecular weight is 439 g/mol. The highest BCUT2D eigenvalue weighted by atomic mass is 35.5. The van der Waals surface area contributed by atoms with E-state index in [0.717, 1.165) is 23.5 Å². The van der Waals surface area contributed by atoms with Gasteiger partial charge in [-0.15, -0.1) is 0 Å². The lowest BCUT2D eigenvalue weighted by Crippen LogP contribution is -2.42. The molecule has 6 nitrogen and oxygen atoms in total. The number of hydrogen-bond acceptors (Lipinski definition) is 5. The van der Waals surface area contributed by atoms with Crippen LogP contribution in [0.5, 0.6) is 0 Å². The van der Waals surface area contributed by atoms with Gasteiger partial charge in [0.25, 0.3) is 0 Å². The molecule has 2 aromatic carbocycles. The van der Waals surface area contributed by atoms with Crippen molar-refractivity contribution in [3.8, 4) is 0 Å². The van der Waals surface area contributed by atoms with Crippen LogP contribution in [0, 0.1) is 5.82 Å². The number of sulfonamides is 1. The van der Waals surface area contributed by atoms with Gasteiger partial charge in [-0.2, -0.15) is 0 Å². The molecule has 1 atom stereocenters. The predicted octanol–water partition coefficient (Wildman–Crippen LogP) is 2.89. The Balaban J connectivity index is 1.51. The van der Waals surface area contributed by atoms with Crippen LogP contribution in [-0.4, -0.2) is 32.7 Å². The summed E-state index contributed by atoms with van der Waals surface area (Å²) in [5.74, 6) is -0.860. The van der Waals surface area contributed by atoms with Crippen LogP contribution in [0.25, 0.3) is 0 Å². The van der Waals surface area contributed by atoms with Gasteiger partial charge in [0, 0.05) is 24.7 Å². The Hall–Kier alpha value is -1.84. The number of fused-ring (bicyclic) bond motifs is 2. The van der Waals surface area contributed by atoms with Crippen LogP contribution in [0.4, 0.5) is 4.39 Å². The first-order chi connectivity index (χ1) is 13.7. The van der Waals surface area contributed by atoms with Gasteiger partial charge in [0.05, 0.1) is 5.60 Å². The maximum Gasteiger partial charge on any atom is 0.240 e. The molecule has 0 aliphatic carbocycles. The minimum absolute atomic E-state index is 0.457. The number of primary sulfonamides is 1. The van der Waals surface area contributed by atoms with Crippen LogP contribution in [0.1, 0.15) is 35.6 Å². The second-order valence-electron chi connectivity index (χ2n) is 7.49. The summed E-state index contributed by atoms with van der Waals surface area (Å²) < 4.78 is 43.0. The highest BCUT2D eigenvalue weighted by Gasteiger charge is 2.46. The number of piperidine rings is 1. The zero-order valence-electron chi connectivity index (χ0n) is 15.5. The average Bonchev–Trinajstić information content (AvgIpc) is 2.97. The molecule has 2 N–H and O–H groups in total. The van der Waals surface area contributed by atoms with Crippen molar-refractivity contribution in [2.45, 2.75) is 36.0 Å². The first-order valence-corrected chi connectivity index (χ1v) is 11.1. The van der Waals surface area contributed by atoms with Gasteiger partial charge in [-0.3, -0.25) is 4.90 Å². The molecule has 4 rings (SSSR count). The van der Waals surface area contributed by atoms with Crippen molar-refractivity contribution in [1.29, 1.82) is 0 Å². The number of aldehydes is 1. The van der Waals surface area contributed by atoms with Gasteiger partial charge in [0.15, 0.2) is 6.29 Å². The molecule has 2 aromatic rings. The zero-order valence-corrected chi connectivity index (χ0v) is 17.0. The number of ether oxygens (including phenoxy) is 1. The van der Waals surface area contributed by atoms with Crippen LogP contribution < -0.4 is 5.14 Å². The standard InChI is InChI=1S/C20H20ClFN2O4S/c21-14-2-3-15-16(10-14)20(28-18(15)12-25)5-7-24(8-6-20)11-13-1-4-17(22)19(9-13)29(23,26)27/h1-4,9-10,12,18H,5-8,11H2,(H2,23,26,27). The number of carbonyl (C=O) groups is 1. The van der Waals surface area contributed by atoms with E-state index >= 15 is 0 Å². The van der Waals surface area contributed by atoms with Crippen LogP contribution in [0.2, 0.25) is 5.02 Å². The first-order valence-electron chi connectivity index (χ1n) is 9.18. The van der Waals surface area contributed by atoms with E-state index in [9.17, 15) is 17.6 Å². The smallest absolute Gasteiger partial charge is 0.240 e. The number of halogens is 2. The summed E-state index contributed by atoms with van der Waals surface area (Å²) in [7, 11) is -4.12. The van der Waals surface area contributed by atoms with E-state index in [1.165, 1.54) is 6.07 Å². The second-order valence-corrected chi connectivity index (χ2v) is 9.45. The van der Waals surface area contributed by atoms with E-state index in [2.05, 4.69) is 4.90 Å². The monoisotopic (exact) mass is 438 g/mol. The van der Waals surface area contributed by atoms with E-state index in [0.29, 0.717) is 43.1 Å². The molecule has 9 heteroatoms. The molecule has 0 bridgehead atoms. The summed E-state index contributed by atoms with van der Waals surface area (Å²) in [5.41, 5.74) is 1.92. The third-order valence-corrected chi connectivity index (χ3v) is 6.82. The predicted molar refractivity (Wildman–Crippen MR) is 105 cm³/mol. The Morgan fingerprint density at radius 3 is 2.62 bits per heavy atom. The quantitative estimate of drug-likeness (QED) is 0.741. The minimum atomic E-state index is -4.12. The summed E-state index contributed by atoms with van der Waals surface area (Å²) in [5, 5.41) is 5.68. The summed E-state index contributed by atoms with van der Waals surface area (Å²) in [6.07, 6.45) is 1.53. The number of nitrogens with zero attached hydrogens (tertiary/aromatic N) is 1. The summed E-state index contributed by atoms with van der Waals surface area (Å²) in [4.78, 5) is 13.1. The van der Waals surface area contributed by atoms with Gasteiger partial charge in [-0.05, 0) is 53.8 Å². The molecule has 1 saturated heterocycles. The second kappa shape index (κ2) is 7.45. The molecule has 0 aromatic heterocycles. The van der Waals surface area contributed by atoms with Crippen molar-refractivity contribution in [3.05, 3.63) is 63.9 Å². The molecule has 1 fully saturated rings. The highest BCUT2D eigenvalue weighted by molar-refractivity contribution is 7.89. The normalized spacial score (nSPS) is 21.3.